The van der Waals surface area contributed by atoms with E-state index in [1.165, 1.54) is 28.9 Å². The highest BCUT2D eigenvalue weighted by Gasteiger charge is 2.21. The van der Waals surface area contributed by atoms with Gasteiger partial charge in [0.2, 0.25) is 0 Å². The third-order valence-corrected chi connectivity index (χ3v) is 6.06. The molecule has 26 heavy (non-hydrogen) atoms. The number of benzene rings is 2. The Kier molecular flexibility index (Phi) is 5.57. The summed E-state index contributed by atoms with van der Waals surface area (Å²) in [6, 6.07) is 10.4. The zero-order valence-electron chi connectivity index (χ0n) is 13.0. The molecule has 5 nitrogen and oxygen atoms in total. The number of rotatable bonds is 5. The quantitative estimate of drug-likeness (QED) is 0.564. The molecular formula is C16H11BrCl2FN3O2S. The predicted molar refractivity (Wildman–Crippen MR) is 103 cm³/mol. The summed E-state index contributed by atoms with van der Waals surface area (Å²) in [7, 11) is -4.00. The average Bonchev–Trinajstić information content (AvgIpc) is 2.90. The second-order valence-corrected chi connectivity index (χ2v) is 8.64. The SMILES string of the molecule is O=S(=O)(Nc1nn(Cc2ccccc2F)cc1Br)c1cc(Cl)ccc1Cl. The van der Waals surface area contributed by atoms with Crippen LogP contribution in [0.4, 0.5) is 10.2 Å². The number of anilines is 1. The molecule has 0 atom stereocenters. The maximum absolute atomic E-state index is 13.8. The molecule has 0 aliphatic rings. The Hall–Kier alpha value is -1.61. The normalized spacial score (nSPS) is 11.5. The molecule has 0 radical (unpaired) electrons. The summed E-state index contributed by atoms with van der Waals surface area (Å²) in [5.41, 5.74) is 0.426. The van der Waals surface area contributed by atoms with Gasteiger partial charge in [0.05, 0.1) is 16.0 Å². The van der Waals surface area contributed by atoms with E-state index >= 15 is 0 Å². The second kappa shape index (κ2) is 7.56. The molecule has 1 N–H and O–H groups in total. The fourth-order valence-electron chi connectivity index (χ4n) is 2.21. The van der Waals surface area contributed by atoms with Crippen LogP contribution in [0.2, 0.25) is 10.0 Å². The van der Waals surface area contributed by atoms with Gasteiger partial charge < -0.3 is 0 Å². The topological polar surface area (TPSA) is 64.0 Å². The van der Waals surface area contributed by atoms with Crippen molar-refractivity contribution in [3.63, 3.8) is 0 Å². The summed E-state index contributed by atoms with van der Waals surface area (Å²) in [5.74, 6) is -0.315. The summed E-state index contributed by atoms with van der Waals surface area (Å²) >= 11 is 15.1. The standard InChI is InChI=1S/C16H11BrCl2FN3O2S/c17-12-9-23(8-10-3-1-2-4-14(10)20)21-16(12)22-26(24,25)15-7-11(18)5-6-13(15)19/h1-7,9H,8H2,(H,21,22). The molecule has 10 heteroatoms. The first-order valence-electron chi connectivity index (χ1n) is 7.20. The van der Waals surface area contributed by atoms with Gasteiger partial charge in [-0.05, 0) is 40.2 Å². The van der Waals surface area contributed by atoms with Crippen LogP contribution >= 0.6 is 39.1 Å². The highest BCUT2D eigenvalue weighted by atomic mass is 79.9. The molecule has 1 heterocycles. The van der Waals surface area contributed by atoms with Crippen LogP contribution in [-0.2, 0) is 16.6 Å². The number of halogens is 4. The number of aromatic nitrogens is 2. The van der Waals surface area contributed by atoms with Gasteiger partial charge in [-0.2, -0.15) is 5.10 Å². The van der Waals surface area contributed by atoms with Crippen molar-refractivity contribution < 1.29 is 12.8 Å². The Morgan fingerprint density at radius 1 is 1.19 bits per heavy atom. The number of nitrogens with one attached hydrogen (secondary N) is 1. The lowest BCUT2D eigenvalue weighted by atomic mass is 10.2. The van der Waals surface area contributed by atoms with Crippen LogP contribution in [0.3, 0.4) is 0 Å². The molecule has 3 aromatic rings. The number of hydrogen-bond acceptors (Lipinski definition) is 3. The number of nitrogens with zero attached hydrogens (tertiary/aromatic N) is 2. The Bertz CT molecular complexity index is 1070. The van der Waals surface area contributed by atoms with Crippen molar-refractivity contribution >= 4 is 55.0 Å². The minimum atomic E-state index is -4.00. The van der Waals surface area contributed by atoms with E-state index in [1.807, 2.05) is 0 Å². The fourth-order valence-corrected chi connectivity index (χ4v) is 4.54. The lowest BCUT2D eigenvalue weighted by molar-refractivity contribution is 0.585. The Balaban J connectivity index is 1.88. The molecule has 0 saturated carbocycles. The Morgan fingerprint density at radius 3 is 2.65 bits per heavy atom. The summed E-state index contributed by atoms with van der Waals surface area (Å²) in [5, 5.41) is 4.41. The van der Waals surface area contributed by atoms with E-state index in [-0.39, 0.29) is 33.1 Å². The van der Waals surface area contributed by atoms with E-state index in [0.717, 1.165) is 0 Å². The highest BCUT2D eigenvalue weighted by molar-refractivity contribution is 9.10. The van der Waals surface area contributed by atoms with E-state index < -0.39 is 10.0 Å². The molecule has 0 unspecified atom stereocenters. The van der Waals surface area contributed by atoms with Crippen LogP contribution in [0.5, 0.6) is 0 Å². The summed E-state index contributed by atoms with van der Waals surface area (Å²) in [6.45, 7) is 0.144. The predicted octanol–water partition coefficient (Wildman–Crippen LogP) is 4.94. The van der Waals surface area contributed by atoms with Crippen molar-refractivity contribution in [1.29, 1.82) is 0 Å². The van der Waals surface area contributed by atoms with E-state index in [0.29, 0.717) is 10.0 Å². The molecule has 0 spiro atoms. The van der Waals surface area contributed by atoms with Crippen LogP contribution in [0.25, 0.3) is 0 Å². The third kappa shape index (κ3) is 4.20. The van der Waals surface area contributed by atoms with Gasteiger partial charge in [-0.25, -0.2) is 12.8 Å². The molecule has 0 aliphatic heterocycles. The molecule has 3 rings (SSSR count). The average molecular weight is 479 g/mol. The molecule has 2 aromatic carbocycles. The van der Waals surface area contributed by atoms with Crippen molar-refractivity contribution in [2.45, 2.75) is 11.4 Å². The number of sulfonamides is 1. The van der Waals surface area contributed by atoms with Gasteiger partial charge in [0.1, 0.15) is 10.7 Å². The Morgan fingerprint density at radius 2 is 1.92 bits per heavy atom. The first kappa shape index (κ1) is 19.2. The summed E-state index contributed by atoms with van der Waals surface area (Å²) < 4.78 is 43.1. The Labute approximate surface area is 167 Å². The van der Waals surface area contributed by atoms with Gasteiger partial charge in [0.15, 0.2) is 5.82 Å². The molecule has 0 saturated heterocycles. The summed E-state index contributed by atoms with van der Waals surface area (Å²) in [4.78, 5) is -0.165. The smallest absolute Gasteiger partial charge is 0.264 e. The zero-order valence-corrected chi connectivity index (χ0v) is 16.9. The monoisotopic (exact) mass is 477 g/mol. The van der Waals surface area contributed by atoms with Gasteiger partial charge in [0, 0.05) is 16.8 Å². The molecular weight excluding hydrogens is 468 g/mol. The lowest BCUT2D eigenvalue weighted by Gasteiger charge is -2.08. The van der Waals surface area contributed by atoms with Gasteiger partial charge in [-0.3, -0.25) is 9.40 Å². The van der Waals surface area contributed by atoms with Crippen LogP contribution in [0.1, 0.15) is 5.56 Å². The molecule has 1 aromatic heterocycles. The molecule has 0 aliphatic carbocycles. The largest absolute Gasteiger partial charge is 0.265 e. The van der Waals surface area contributed by atoms with Crippen molar-refractivity contribution in [2.75, 3.05) is 4.72 Å². The molecule has 0 fully saturated rings. The highest BCUT2D eigenvalue weighted by Crippen LogP contribution is 2.29. The molecule has 0 amide bonds. The van der Waals surface area contributed by atoms with Crippen molar-refractivity contribution in [3.05, 3.63) is 74.6 Å². The van der Waals surface area contributed by atoms with E-state index in [2.05, 4.69) is 25.8 Å². The first-order valence-corrected chi connectivity index (χ1v) is 10.2. The minimum Gasteiger partial charge on any atom is -0.265 e. The summed E-state index contributed by atoms with van der Waals surface area (Å²) in [6.07, 6.45) is 1.55. The van der Waals surface area contributed by atoms with Crippen molar-refractivity contribution in [2.24, 2.45) is 0 Å². The maximum atomic E-state index is 13.8. The van der Waals surface area contributed by atoms with Crippen molar-refractivity contribution in [1.82, 2.24) is 9.78 Å². The van der Waals surface area contributed by atoms with Crippen LogP contribution in [0.15, 0.2) is 58.0 Å². The first-order chi connectivity index (χ1) is 12.3. The second-order valence-electron chi connectivity index (χ2n) is 5.29. The lowest BCUT2D eigenvalue weighted by Crippen LogP contribution is -2.14. The van der Waals surface area contributed by atoms with E-state index in [4.69, 9.17) is 23.2 Å². The third-order valence-electron chi connectivity index (χ3n) is 3.42. The van der Waals surface area contributed by atoms with Crippen molar-refractivity contribution in [3.8, 4) is 0 Å². The molecule has 0 bridgehead atoms. The number of hydrogen-bond donors (Lipinski definition) is 1. The maximum Gasteiger partial charge on any atom is 0.264 e. The van der Waals surface area contributed by atoms with Crippen LogP contribution in [0, 0.1) is 5.82 Å². The van der Waals surface area contributed by atoms with Gasteiger partial charge in [-0.1, -0.05) is 41.4 Å². The van der Waals surface area contributed by atoms with Gasteiger partial charge in [-0.15, -0.1) is 0 Å². The van der Waals surface area contributed by atoms with Gasteiger partial charge in [0.25, 0.3) is 10.0 Å². The van der Waals surface area contributed by atoms with Gasteiger partial charge >= 0.3 is 0 Å². The minimum absolute atomic E-state index is 0.0313. The van der Waals surface area contributed by atoms with Crippen LogP contribution < -0.4 is 4.72 Å². The fraction of sp³-hybridized carbons (Fsp3) is 0.0625. The zero-order chi connectivity index (χ0) is 18.9. The van der Waals surface area contributed by atoms with E-state index in [9.17, 15) is 12.8 Å². The van der Waals surface area contributed by atoms with E-state index in [1.54, 1.807) is 24.4 Å². The molecule has 136 valence electrons. The van der Waals surface area contributed by atoms with Crippen LogP contribution in [-0.4, -0.2) is 18.2 Å².